The van der Waals surface area contributed by atoms with E-state index >= 15 is 0 Å². The highest BCUT2D eigenvalue weighted by Crippen LogP contribution is 2.39. The van der Waals surface area contributed by atoms with E-state index < -0.39 is 5.60 Å². The van der Waals surface area contributed by atoms with Crippen LogP contribution in [0, 0.1) is 6.92 Å². The van der Waals surface area contributed by atoms with Crippen molar-refractivity contribution in [2.45, 2.75) is 83.8 Å². The van der Waals surface area contributed by atoms with Crippen LogP contribution in [0.2, 0.25) is 0 Å². The smallest absolute Gasteiger partial charge is 0.410 e. The lowest BCUT2D eigenvalue weighted by Gasteiger charge is -2.41. The first-order valence-corrected chi connectivity index (χ1v) is 13.1. The number of ether oxygens (including phenoxy) is 3. The zero-order chi connectivity index (χ0) is 26.3. The molecule has 2 heterocycles. The van der Waals surface area contributed by atoms with Crippen LogP contribution in [-0.4, -0.2) is 57.3 Å². The summed E-state index contributed by atoms with van der Waals surface area (Å²) in [5.41, 5.74) is 3.45. The summed E-state index contributed by atoms with van der Waals surface area (Å²) in [4.78, 5) is 14.1. The summed E-state index contributed by atoms with van der Waals surface area (Å²) >= 11 is 0. The molecule has 37 heavy (non-hydrogen) atoms. The van der Waals surface area contributed by atoms with Crippen molar-refractivity contribution in [1.29, 1.82) is 0 Å². The SMILES string of the molecule is Cc1cc(O)ccc1-c1cc(O[C@H]2C[C@H](N(C)C(=O)OC(C)(C)C)C2)c2cnn(C3CCCCO3)c2c1. The van der Waals surface area contributed by atoms with Gasteiger partial charge in [-0.15, -0.1) is 0 Å². The molecule has 1 saturated carbocycles. The number of amides is 1. The number of hydrogen-bond acceptors (Lipinski definition) is 6. The Balaban J connectivity index is 1.42. The molecule has 1 saturated heterocycles. The number of phenols is 1. The monoisotopic (exact) mass is 507 g/mol. The fourth-order valence-electron chi connectivity index (χ4n) is 5.10. The summed E-state index contributed by atoms with van der Waals surface area (Å²) in [7, 11) is 1.79. The minimum atomic E-state index is -0.522. The Morgan fingerprint density at radius 1 is 1.19 bits per heavy atom. The first-order valence-electron chi connectivity index (χ1n) is 13.1. The molecule has 0 radical (unpaired) electrons. The number of aromatic nitrogens is 2. The maximum Gasteiger partial charge on any atom is 0.410 e. The molecule has 1 unspecified atom stereocenters. The van der Waals surface area contributed by atoms with Gasteiger partial charge in [0.2, 0.25) is 0 Å². The summed E-state index contributed by atoms with van der Waals surface area (Å²) in [6, 6.07) is 9.67. The van der Waals surface area contributed by atoms with E-state index in [9.17, 15) is 9.90 Å². The van der Waals surface area contributed by atoms with Gasteiger partial charge in [-0.3, -0.25) is 0 Å². The fourth-order valence-corrected chi connectivity index (χ4v) is 5.10. The number of fused-ring (bicyclic) bond motifs is 1. The van der Waals surface area contributed by atoms with E-state index in [1.54, 1.807) is 24.1 Å². The number of aromatic hydroxyl groups is 1. The molecule has 1 aromatic heterocycles. The maximum absolute atomic E-state index is 12.5. The van der Waals surface area contributed by atoms with E-state index in [4.69, 9.17) is 19.3 Å². The van der Waals surface area contributed by atoms with Crippen LogP contribution in [0.5, 0.6) is 11.5 Å². The van der Waals surface area contributed by atoms with E-state index in [0.717, 1.165) is 72.1 Å². The van der Waals surface area contributed by atoms with Gasteiger partial charge in [0.1, 0.15) is 23.2 Å². The van der Waals surface area contributed by atoms with Gasteiger partial charge in [0.05, 0.1) is 17.1 Å². The Bertz CT molecular complexity index is 1280. The van der Waals surface area contributed by atoms with Crippen LogP contribution >= 0.6 is 0 Å². The Hall–Kier alpha value is -3.26. The molecule has 0 spiro atoms. The normalized spacial score (nSPS) is 21.9. The van der Waals surface area contributed by atoms with Gasteiger partial charge in [-0.1, -0.05) is 6.07 Å². The molecule has 198 valence electrons. The molecule has 1 N–H and O–H groups in total. The average Bonchev–Trinajstić information content (AvgIpc) is 3.24. The summed E-state index contributed by atoms with van der Waals surface area (Å²) < 4.78 is 20.1. The lowest BCUT2D eigenvalue weighted by atomic mass is 9.88. The molecule has 2 aromatic carbocycles. The Kier molecular flexibility index (Phi) is 6.79. The lowest BCUT2D eigenvalue weighted by molar-refractivity contribution is -0.0366. The Morgan fingerprint density at radius 3 is 2.65 bits per heavy atom. The largest absolute Gasteiger partial charge is 0.508 e. The third-order valence-electron chi connectivity index (χ3n) is 7.22. The highest BCUT2D eigenvalue weighted by molar-refractivity contribution is 5.91. The molecule has 8 nitrogen and oxygen atoms in total. The summed E-state index contributed by atoms with van der Waals surface area (Å²) in [6.45, 7) is 8.35. The third-order valence-corrected chi connectivity index (χ3v) is 7.22. The molecule has 3 aromatic rings. The van der Waals surface area contributed by atoms with Gasteiger partial charge in [-0.05, 0) is 87.9 Å². The van der Waals surface area contributed by atoms with Crippen LogP contribution in [-0.2, 0) is 9.47 Å². The van der Waals surface area contributed by atoms with Crippen molar-refractivity contribution in [2.24, 2.45) is 0 Å². The average molecular weight is 508 g/mol. The highest BCUT2D eigenvalue weighted by atomic mass is 16.6. The summed E-state index contributed by atoms with van der Waals surface area (Å²) in [5, 5.41) is 15.6. The first kappa shape index (κ1) is 25.4. The van der Waals surface area contributed by atoms with Crippen molar-refractivity contribution in [2.75, 3.05) is 13.7 Å². The van der Waals surface area contributed by atoms with Crippen LogP contribution in [0.4, 0.5) is 4.79 Å². The minimum Gasteiger partial charge on any atom is -0.508 e. The second-order valence-corrected chi connectivity index (χ2v) is 11.3. The molecule has 1 amide bonds. The van der Waals surface area contributed by atoms with E-state index in [1.165, 1.54) is 0 Å². The van der Waals surface area contributed by atoms with Crippen molar-refractivity contribution in [3.63, 3.8) is 0 Å². The van der Waals surface area contributed by atoms with Crippen molar-refractivity contribution in [3.8, 4) is 22.6 Å². The maximum atomic E-state index is 12.5. The molecule has 2 aliphatic rings. The van der Waals surface area contributed by atoms with Crippen LogP contribution in [0.15, 0.2) is 36.5 Å². The lowest BCUT2D eigenvalue weighted by Crippen LogP contribution is -2.51. The Labute approximate surface area is 218 Å². The van der Waals surface area contributed by atoms with Crippen LogP contribution in [0.3, 0.4) is 0 Å². The zero-order valence-corrected chi connectivity index (χ0v) is 22.4. The molecular formula is C29H37N3O5. The van der Waals surface area contributed by atoms with Gasteiger partial charge in [0.15, 0.2) is 6.23 Å². The fraction of sp³-hybridized carbons (Fsp3) is 0.517. The number of phenolic OH excluding ortho intramolecular Hbond substituents is 1. The molecule has 8 heteroatoms. The predicted molar refractivity (Wildman–Crippen MR) is 142 cm³/mol. The van der Waals surface area contributed by atoms with Crippen LogP contribution < -0.4 is 4.74 Å². The van der Waals surface area contributed by atoms with Gasteiger partial charge >= 0.3 is 6.09 Å². The zero-order valence-electron chi connectivity index (χ0n) is 22.4. The van der Waals surface area contributed by atoms with E-state index in [2.05, 4.69) is 12.1 Å². The topological polar surface area (TPSA) is 86.0 Å². The van der Waals surface area contributed by atoms with Gasteiger partial charge < -0.3 is 24.2 Å². The number of hydrogen-bond donors (Lipinski definition) is 1. The summed E-state index contributed by atoms with van der Waals surface area (Å²) in [5.74, 6) is 1.01. The van der Waals surface area contributed by atoms with E-state index in [1.807, 2.05) is 44.6 Å². The number of rotatable bonds is 5. The van der Waals surface area contributed by atoms with E-state index in [-0.39, 0.29) is 30.2 Å². The number of nitrogens with zero attached hydrogens (tertiary/aromatic N) is 3. The number of carbonyl (C=O) groups excluding carboxylic acids is 1. The van der Waals surface area contributed by atoms with Gasteiger partial charge in [0, 0.05) is 32.5 Å². The molecular weight excluding hydrogens is 470 g/mol. The van der Waals surface area contributed by atoms with Crippen LogP contribution in [0.1, 0.15) is 64.7 Å². The number of carbonyl (C=O) groups is 1. The highest BCUT2D eigenvalue weighted by Gasteiger charge is 2.37. The van der Waals surface area contributed by atoms with Crippen molar-refractivity contribution < 1.29 is 24.1 Å². The quantitative estimate of drug-likeness (QED) is 0.443. The van der Waals surface area contributed by atoms with Crippen molar-refractivity contribution in [1.82, 2.24) is 14.7 Å². The van der Waals surface area contributed by atoms with Gasteiger partial charge in [0.25, 0.3) is 0 Å². The number of aryl methyl sites for hydroxylation is 1. The van der Waals surface area contributed by atoms with Gasteiger partial charge in [-0.2, -0.15) is 5.10 Å². The molecule has 5 rings (SSSR count). The predicted octanol–water partition coefficient (Wildman–Crippen LogP) is 6.19. The summed E-state index contributed by atoms with van der Waals surface area (Å²) in [6.07, 6.45) is 6.03. The third kappa shape index (κ3) is 5.39. The molecule has 2 fully saturated rings. The molecule has 1 atom stereocenters. The van der Waals surface area contributed by atoms with Crippen molar-refractivity contribution >= 4 is 17.0 Å². The second-order valence-electron chi connectivity index (χ2n) is 11.3. The number of benzene rings is 2. The molecule has 1 aliphatic heterocycles. The van der Waals surface area contributed by atoms with Gasteiger partial charge in [-0.25, -0.2) is 9.48 Å². The van der Waals surface area contributed by atoms with Crippen molar-refractivity contribution in [3.05, 3.63) is 42.1 Å². The molecule has 1 aliphatic carbocycles. The molecule has 0 bridgehead atoms. The van der Waals surface area contributed by atoms with Crippen LogP contribution in [0.25, 0.3) is 22.0 Å². The Morgan fingerprint density at radius 2 is 1.97 bits per heavy atom. The van der Waals surface area contributed by atoms with E-state index in [0.29, 0.717) is 0 Å². The second kappa shape index (κ2) is 9.89. The first-order chi connectivity index (χ1) is 17.6. The minimum absolute atomic E-state index is 0.0106. The standard InChI is InChI=1S/C29H37N3O5/c1-18-12-21(33)9-10-23(18)19-13-25-24(17-30-32(25)27-8-6-7-11-35-27)26(14-19)36-22-15-20(16-22)31(5)28(34)37-29(2,3)4/h9-10,12-14,17,20,22,27,33H,6-8,11,15-16H2,1-5H3/t20-,22-,27?.